The summed E-state index contributed by atoms with van der Waals surface area (Å²) in [6.45, 7) is 2.00. The molecule has 1 fully saturated rings. The zero-order chi connectivity index (χ0) is 12.3. The van der Waals surface area contributed by atoms with E-state index in [0.29, 0.717) is 6.42 Å². The molecule has 6 nitrogen and oxygen atoms in total. The average Bonchev–Trinajstić information content (AvgIpc) is 2.46. The van der Waals surface area contributed by atoms with Crippen LogP contribution in [0.15, 0.2) is 0 Å². The summed E-state index contributed by atoms with van der Waals surface area (Å²) in [6.07, 6.45) is -0.0196. The maximum Gasteiger partial charge on any atom is 0.424 e. The van der Waals surface area contributed by atoms with E-state index < -0.39 is 15.9 Å². The predicted octanol–water partition coefficient (Wildman–Crippen LogP) is 0.109. The summed E-state index contributed by atoms with van der Waals surface area (Å²) in [5.41, 5.74) is 0. The van der Waals surface area contributed by atoms with Crippen molar-refractivity contribution < 1.29 is 17.9 Å². The SMILES string of the molecule is CCOC(=O)N(C1CCS(=O)(=O)C1)N(C)C. The van der Waals surface area contributed by atoms with E-state index in [4.69, 9.17) is 4.74 Å². The molecule has 0 aromatic rings. The first-order valence-corrected chi connectivity index (χ1v) is 7.03. The number of nitrogens with zero attached hydrogens (tertiary/aromatic N) is 2. The quantitative estimate of drug-likeness (QED) is 0.665. The summed E-state index contributed by atoms with van der Waals surface area (Å²) >= 11 is 0. The van der Waals surface area contributed by atoms with Crippen LogP contribution >= 0.6 is 0 Å². The zero-order valence-corrected chi connectivity index (χ0v) is 10.7. The Morgan fingerprint density at radius 2 is 2.06 bits per heavy atom. The Morgan fingerprint density at radius 3 is 2.44 bits per heavy atom. The lowest BCUT2D eigenvalue weighted by atomic mass is 10.2. The average molecular weight is 250 g/mol. The van der Waals surface area contributed by atoms with Crippen molar-refractivity contribution in [3.05, 3.63) is 0 Å². The van der Waals surface area contributed by atoms with Gasteiger partial charge in [0.2, 0.25) is 0 Å². The van der Waals surface area contributed by atoms with Gasteiger partial charge in [0.25, 0.3) is 0 Å². The molecule has 0 aromatic carbocycles. The van der Waals surface area contributed by atoms with Gasteiger partial charge < -0.3 is 4.74 Å². The standard InChI is InChI=1S/C9H18N2O4S/c1-4-15-9(12)11(10(2)3)8-5-6-16(13,14)7-8/h8H,4-7H2,1-3H3. The van der Waals surface area contributed by atoms with Crippen molar-refractivity contribution in [1.29, 1.82) is 0 Å². The van der Waals surface area contributed by atoms with Crippen LogP contribution in [0.4, 0.5) is 4.79 Å². The Kier molecular flexibility index (Phi) is 4.15. The number of carbonyl (C=O) groups is 1. The number of hydrazine groups is 1. The van der Waals surface area contributed by atoms with Crippen LogP contribution in [-0.2, 0) is 14.6 Å². The highest BCUT2D eigenvalue weighted by atomic mass is 32.2. The minimum atomic E-state index is -3.00. The monoisotopic (exact) mass is 250 g/mol. The fourth-order valence-corrected chi connectivity index (χ4v) is 3.49. The van der Waals surface area contributed by atoms with Gasteiger partial charge in [-0.2, -0.15) is 0 Å². The van der Waals surface area contributed by atoms with Crippen LogP contribution in [0.2, 0.25) is 0 Å². The summed E-state index contributed by atoms with van der Waals surface area (Å²) < 4.78 is 27.6. The molecule has 1 amide bonds. The van der Waals surface area contributed by atoms with Crippen LogP contribution in [0, 0.1) is 0 Å². The summed E-state index contributed by atoms with van der Waals surface area (Å²) in [6, 6.07) is -0.306. The van der Waals surface area contributed by atoms with Crippen LogP contribution in [-0.4, -0.2) is 62.8 Å². The number of sulfone groups is 1. The second kappa shape index (κ2) is 5.01. The van der Waals surface area contributed by atoms with Crippen LogP contribution < -0.4 is 0 Å². The summed E-state index contributed by atoms with van der Waals surface area (Å²) in [7, 11) is 0.394. The molecule has 0 bridgehead atoms. The first-order valence-electron chi connectivity index (χ1n) is 5.21. The molecule has 1 atom stereocenters. The lowest BCUT2D eigenvalue weighted by molar-refractivity contribution is -0.00948. The van der Waals surface area contributed by atoms with Crippen LogP contribution in [0.1, 0.15) is 13.3 Å². The van der Waals surface area contributed by atoms with E-state index in [0.717, 1.165) is 0 Å². The third kappa shape index (κ3) is 3.08. The fourth-order valence-electron chi connectivity index (χ4n) is 1.80. The zero-order valence-electron chi connectivity index (χ0n) is 9.84. The van der Waals surface area contributed by atoms with Gasteiger partial charge in [0.05, 0.1) is 24.2 Å². The molecule has 1 heterocycles. The van der Waals surface area contributed by atoms with Gasteiger partial charge >= 0.3 is 6.09 Å². The van der Waals surface area contributed by atoms with Crippen molar-refractivity contribution in [1.82, 2.24) is 10.0 Å². The Bertz CT molecular complexity index is 353. The molecule has 1 saturated heterocycles. The Morgan fingerprint density at radius 1 is 1.44 bits per heavy atom. The molecule has 7 heteroatoms. The summed E-state index contributed by atoms with van der Waals surface area (Å²) in [5, 5.41) is 2.94. The highest BCUT2D eigenvalue weighted by Gasteiger charge is 2.36. The van der Waals surface area contributed by atoms with E-state index in [9.17, 15) is 13.2 Å². The van der Waals surface area contributed by atoms with E-state index in [-0.39, 0.29) is 24.2 Å². The summed E-state index contributed by atoms with van der Waals surface area (Å²) in [5.74, 6) is 0.158. The number of hydrogen-bond donors (Lipinski definition) is 0. The van der Waals surface area contributed by atoms with Crippen molar-refractivity contribution in [2.24, 2.45) is 0 Å². The molecule has 0 spiro atoms. The molecule has 0 aliphatic carbocycles. The molecule has 0 N–H and O–H groups in total. The molecule has 94 valence electrons. The van der Waals surface area contributed by atoms with Gasteiger partial charge in [-0.05, 0) is 13.3 Å². The van der Waals surface area contributed by atoms with E-state index in [1.807, 2.05) is 0 Å². The lowest BCUT2D eigenvalue weighted by Crippen LogP contribution is -2.49. The van der Waals surface area contributed by atoms with E-state index in [2.05, 4.69) is 0 Å². The molecular formula is C9H18N2O4S. The predicted molar refractivity (Wildman–Crippen MR) is 59.6 cm³/mol. The van der Waals surface area contributed by atoms with Gasteiger partial charge in [0.1, 0.15) is 0 Å². The largest absolute Gasteiger partial charge is 0.449 e. The van der Waals surface area contributed by atoms with Gasteiger partial charge in [0.15, 0.2) is 9.84 Å². The van der Waals surface area contributed by atoms with Crippen LogP contribution in [0.25, 0.3) is 0 Å². The molecule has 1 aliphatic heterocycles. The molecule has 16 heavy (non-hydrogen) atoms. The first kappa shape index (κ1) is 13.2. The molecular weight excluding hydrogens is 232 g/mol. The van der Waals surface area contributed by atoms with Crippen molar-refractivity contribution in [2.75, 3.05) is 32.2 Å². The number of rotatable bonds is 3. The molecule has 1 aliphatic rings. The maximum absolute atomic E-state index is 11.6. The Balaban J connectivity index is 2.76. The smallest absolute Gasteiger partial charge is 0.424 e. The minimum Gasteiger partial charge on any atom is -0.449 e. The summed E-state index contributed by atoms with van der Waals surface area (Å²) in [4.78, 5) is 11.6. The van der Waals surface area contributed by atoms with E-state index in [1.165, 1.54) is 5.01 Å². The number of ether oxygens (including phenoxy) is 1. The second-order valence-corrected chi connectivity index (χ2v) is 6.18. The lowest BCUT2D eigenvalue weighted by Gasteiger charge is -2.32. The molecule has 0 saturated carbocycles. The first-order chi connectivity index (χ1) is 7.37. The maximum atomic E-state index is 11.6. The third-order valence-corrected chi connectivity index (χ3v) is 4.19. The normalized spacial score (nSPS) is 23.4. The minimum absolute atomic E-state index is 0.0179. The second-order valence-electron chi connectivity index (χ2n) is 3.95. The van der Waals surface area contributed by atoms with Gasteiger partial charge in [-0.25, -0.2) is 23.2 Å². The number of amides is 1. The number of carbonyl (C=O) groups excluding carboxylic acids is 1. The highest BCUT2D eigenvalue weighted by molar-refractivity contribution is 7.91. The van der Waals surface area contributed by atoms with Crippen molar-refractivity contribution >= 4 is 15.9 Å². The van der Waals surface area contributed by atoms with Gasteiger partial charge in [0, 0.05) is 14.1 Å². The molecule has 1 unspecified atom stereocenters. The van der Waals surface area contributed by atoms with Gasteiger partial charge in [-0.15, -0.1) is 0 Å². The van der Waals surface area contributed by atoms with Crippen molar-refractivity contribution in [3.63, 3.8) is 0 Å². The fraction of sp³-hybridized carbons (Fsp3) is 0.889. The van der Waals surface area contributed by atoms with Crippen LogP contribution in [0.3, 0.4) is 0 Å². The molecule has 0 radical (unpaired) electrons. The van der Waals surface area contributed by atoms with Crippen molar-refractivity contribution in [2.45, 2.75) is 19.4 Å². The van der Waals surface area contributed by atoms with Gasteiger partial charge in [-0.3, -0.25) is 0 Å². The Hall–Kier alpha value is -0.820. The van der Waals surface area contributed by atoms with Crippen LogP contribution in [0.5, 0.6) is 0 Å². The third-order valence-electron chi connectivity index (χ3n) is 2.44. The van der Waals surface area contributed by atoms with Gasteiger partial charge in [-0.1, -0.05) is 0 Å². The van der Waals surface area contributed by atoms with E-state index >= 15 is 0 Å². The van der Waals surface area contributed by atoms with Crippen molar-refractivity contribution in [3.8, 4) is 0 Å². The topological polar surface area (TPSA) is 66.9 Å². The molecule has 0 aromatic heterocycles. The Labute approximate surface area is 96.0 Å². The number of hydrogen-bond acceptors (Lipinski definition) is 5. The van der Waals surface area contributed by atoms with E-state index in [1.54, 1.807) is 26.0 Å². The highest BCUT2D eigenvalue weighted by Crippen LogP contribution is 2.19. The molecule has 1 rings (SSSR count).